The van der Waals surface area contributed by atoms with Crippen LogP contribution in [-0.2, 0) is 6.54 Å². The molecule has 0 saturated heterocycles. The Hall–Kier alpha value is -4.58. The van der Waals surface area contributed by atoms with Crippen LogP contribution in [0.15, 0.2) is 80.9 Å². The van der Waals surface area contributed by atoms with Gasteiger partial charge in [-0.2, -0.15) is 9.78 Å². The maximum absolute atomic E-state index is 12.5. The minimum absolute atomic E-state index is 0.0198. The minimum atomic E-state index is -0.602. The van der Waals surface area contributed by atoms with E-state index in [4.69, 9.17) is 4.42 Å². The number of benzene rings is 2. The van der Waals surface area contributed by atoms with Gasteiger partial charge in [0.2, 0.25) is 0 Å². The maximum atomic E-state index is 12.5. The summed E-state index contributed by atoms with van der Waals surface area (Å²) in [5, 5.41) is 21.8. The van der Waals surface area contributed by atoms with Gasteiger partial charge in [0.25, 0.3) is 5.91 Å². The van der Waals surface area contributed by atoms with Crippen molar-refractivity contribution < 1.29 is 18.9 Å². The van der Waals surface area contributed by atoms with Crippen LogP contribution < -0.4 is 10.7 Å². The highest BCUT2D eigenvalue weighted by atomic mass is 79.9. The van der Waals surface area contributed by atoms with Gasteiger partial charge in [-0.25, -0.2) is 5.43 Å². The summed E-state index contributed by atoms with van der Waals surface area (Å²) < 4.78 is 7.10. The van der Waals surface area contributed by atoms with Crippen molar-refractivity contribution in [2.75, 3.05) is 5.32 Å². The third-order valence-electron chi connectivity index (χ3n) is 5.25. The van der Waals surface area contributed by atoms with Crippen LogP contribution in [0.25, 0.3) is 0 Å². The molecule has 2 amide bonds. The molecule has 0 atom stereocenters. The van der Waals surface area contributed by atoms with Gasteiger partial charge in [-0.15, -0.1) is 0 Å². The largest absolute Gasteiger partial charge is 0.454 e. The van der Waals surface area contributed by atoms with E-state index in [1.165, 1.54) is 16.9 Å². The van der Waals surface area contributed by atoms with Crippen molar-refractivity contribution >= 4 is 45.0 Å². The number of hydrogen-bond acceptors (Lipinski definition) is 7. The number of rotatable bonds is 8. The van der Waals surface area contributed by atoms with Crippen molar-refractivity contribution in [3.05, 3.63) is 110 Å². The number of nitro groups is 1. The van der Waals surface area contributed by atoms with E-state index in [0.29, 0.717) is 28.3 Å². The first-order valence-electron chi connectivity index (χ1n) is 11.0. The molecule has 4 aromatic rings. The summed E-state index contributed by atoms with van der Waals surface area (Å²) >= 11 is 3.09. The summed E-state index contributed by atoms with van der Waals surface area (Å²) in [6.07, 6.45) is 1.45. The molecule has 4 rings (SSSR count). The number of nitrogens with one attached hydrogen (secondary N) is 2. The van der Waals surface area contributed by atoms with Crippen molar-refractivity contribution in [3.8, 4) is 0 Å². The van der Waals surface area contributed by atoms with Crippen LogP contribution in [0.1, 0.15) is 44.7 Å². The van der Waals surface area contributed by atoms with Crippen LogP contribution in [0.2, 0.25) is 0 Å². The molecular formula is C25H21BrN6O5. The Morgan fingerprint density at radius 2 is 1.86 bits per heavy atom. The van der Waals surface area contributed by atoms with Crippen LogP contribution in [0.5, 0.6) is 0 Å². The third kappa shape index (κ3) is 6.35. The summed E-state index contributed by atoms with van der Waals surface area (Å²) in [6, 6.07) is 17.4. The van der Waals surface area contributed by atoms with Gasteiger partial charge in [0.05, 0.1) is 17.0 Å². The summed E-state index contributed by atoms with van der Waals surface area (Å²) in [5.74, 6) is -0.708. The normalized spacial score (nSPS) is 11.3. The fourth-order valence-electron chi connectivity index (χ4n) is 3.32. The van der Waals surface area contributed by atoms with Gasteiger partial charge in [-0.1, -0.05) is 29.8 Å². The molecule has 0 bridgehead atoms. The first kappa shape index (κ1) is 25.5. The van der Waals surface area contributed by atoms with Crippen molar-refractivity contribution in [2.45, 2.75) is 20.4 Å². The summed E-state index contributed by atoms with van der Waals surface area (Å²) in [5.41, 5.74) is 5.86. The molecule has 0 aliphatic carbocycles. The molecule has 2 N–H and O–H groups in total. The molecule has 0 aliphatic rings. The van der Waals surface area contributed by atoms with Gasteiger partial charge in [0, 0.05) is 11.3 Å². The van der Waals surface area contributed by atoms with Gasteiger partial charge in [-0.05, 0) is 76.7 Å². The van der Waals surface area contributed by atoms with E-state index in [9.17, 15) is 19.7 Å². The zero-order valence-electron chi connectivity index (χ0n) is 19.8. The first-order chi connectivity index (χ1) is 17.7. The molecule has 12 heteroatoms. The van der Waals surface area contributed by atoms with E-state index in [1.807, 2.05) is 19.1 Å². The second-order valence-electron chi connectivity index (χ2n) is 8.06. The molecule has 0 saturated carbocycles. The molecule has 11 nitrogen and oxygen atoms in total. The first-order valence-corrected chi connectivity index (χ1v) is 11.8. The van der Waals surface area contributed by atoms with Crippen LogP contribution in [0.4, 0.5) is 11.5 Å². The highest BCUT2D eigenvalue weighted by Crippen LogP contribution is 2.23. The zero-order chi connectivity index (χ0) is 26.5. The molecule has 37 heavy (non-hydrogen) atoms. The number of furan rings is 1. The number of carbonyl (C=O) groups is 2. The molecular weight excluding hydrogens is 544 g/mol. The lowest BCUT2D eigenvalue weighted by Crippen LogP contribution is -2.19. The number of hydrazone groups is 1. The number of carbonyl (C=O) groups excluding carboxylic acids is 2. The van der Waals surface area contributed by atoms with Crippen LogP contribution in [-0.4, -0.2) is 32.2 Å². The van der Waals surface area contributed by atoms with Crippen LogP contribution >= 0.6 is 15.9 Å². The lowest BCUT2D eigenvalue weighted by molar-refractivity contribution is -0.390. The summed E-state index contributed by atoms with van der Waals surface area (Å²) in [7, 11) is 0. The Kier molecular flexibility index (Phi) is 7.58. The predicted molar refractivity (Wildman–Crippen MR) is 140 cm³/mol. The Labute approximate surface area is 219 Å². The number of nitrogens with zero attached hydrogens (tertiary/aromatic N) is 4. The van der Waals surface area contributed by atoms with Crippen molar-refractivity contribution in [2.24, 2.45) is 5.10 Å². The molecule has 2 heterocycles. The standard InChI is InChI=1S/C25H21BrN6O5/c1-15-6-8-17(9-7-15)24(33)27-19-5-3-4-18(12-19)16(2)28-29-25(34)22-11-10-20(37-22)13-31-14-21(26)23(30-31)32(35)36/h3-12,14H,13H2,1-2H3,(H,27,33)(H,29,34)/b28-16+. The molecule has 0 unspecified atom stereocenters. The molecule has 0 spiro atoms. The zero-order valence-corrected chi connectivity index (χ0v) is 21.4. The SMILES string of the molecule is C/C(=N\NC(=O)c1ccc(Cn2cc(Br)c([N+](=O)[O-])n2)o1)c1cccc(NC(=O)c2ccc(C)cc2)c1. The van der Waals surface area contributed by atoms with E-state index < -0.39 is 10.8 Å². The topological polar surface area (TPSA) is 145 Å². The third-order valence-corrected chi connectivity index (χ3v) is 5.81. The van der Waals surface area contributed by atoms with Crippen molar-refractivity contribution in [3.63, 3.8) is 0 Å². The summed E-state index contributed by atoms with van der Waals surface area (Å²) in [6.45, 7) is 3.77. The highest BCUT2D eigenvalue weighted by Gasteiger charge is 2.20. The minimum Gasteiger partial charge on any atom is -0.454 e. The second-order valence-corrected chi connectivity index (χ2v) is 8.91. The Morgan fingerprint density at radius 1 is 1.11 bits per heavy atom. The van der Waals surface area contributed by atoms with E-state index in [0.717, 1.165) is 5.56 Å². The quantitative estimate of drug-likeness (QED) is 0.177. The van der Waals surface area contributed by atoms with Gasteiger partial charge >= 0.3 is 11.7 Å². The predicted octanol–water partition coefficient (Wildman–Crippen LogP) is 4.91. The van der Waals surface area contributed by atoms with Gasteiger partial charge < -0.3 is 19.8 Å². The molecule has 2 aromatic carbocycles. The van der Waals surface area contributed by atoms with E-state index in [-0.39, 0.29) is 28.5 Å². The second kappa shape index (κ2) is 11.0. The van der Waals surface area contributed by atoms with E-state index in [1.54, 1.807) is 49.4 Å². The number of halogens is 1. The lowest BCUT2D eigenvalue weighted by atomic mass is 10.1. The molecule has 2 aromatic heterocycles. The van der Waals surface area contributed by atoms with E-state index >= 15 is 0 Å². The van der Waals surface area contributed by atoms with Gasteiger partial charge in [0.15, 0.2) is 5.76 Å². The van der Waals surface area contributed by atoms with Gasteiger partial charge in [-0.3, -0.25) is 9.59 Å². The highest BCUT2D eigenvalue weighted by molar-refractivity contribution is 9.10. The number of amides is 2. The fourth-order valence-corrected chi connectivity index (χ4v) is 3.78. The van der Waals surface area contributed by atoms with Crippen molar-refractivity contribution in [1.29, 1.82) is 0 Å². The number of hydrogen-bond donors (Lipinski definition) is 2. The lowest BCUT2D eigenvalue weighted by Gasteiger charge is -2.08. The van der Waals surface area contributed by atoms with Gasteiger partial charge in [0.1, 0.15) is 16.8 Å². The molecule has 188 valence electrons. The van der Waals surface area contributed by atoms with Crippen molar-refractivity contribution in [1.82, 2.24) is 15.2 Å². The van der Waals surface area contributed by atoms with Crippen LogP contribution in [0, 0.1) is 17.0 Å². The summed E-state index contributed by atoms with van der Waals surface area (Å²) in [4.78, 5) is 35.3. The maximum Gasteiger partial charge on any atom is 0.404 e. The van der Waals surface area contributed by atoms with Crippen LogP contribution in [0.3, 0.4) is 0 Å². The smallest absolute Gasteiger partial charge is 0.404 e. The Bertz CT molecular complexity index is 1510. The molecule has 0 aliphatic heterocycles. The Balaban J connectivity index is 1.38. The number of anilines is 1. The molecule has 0 radical (unpaired) electrons. The monoisotopic (exact) mass is 564 g/mol. The fraction of sp³-hybridized carbons (Fsp3) is 0.120. The number of aryl methyl sites for hydroxylation is 1. The molecule has 0 fully saturated rings. The average molecular weight is 565 g/mol. The van der Waals surface area contributed by atoms with E-state index in [2.05, 4.69) is 36.9 Å². The Morgan fingerprint density at radius 3 is 2.57 bits per heavy atom. The number of aromatic nitrogens is 2. The average Bonchev–Trinajstić information content (AvgIpc) is 3.49.